The highest BCUT2D eigenvalue weighted by Crippen LogP contribution is 2.27. The molecule has 0 fully saturated rings. The van der Waals surface area contributed by atoms with Gasteiger partial charge in [0.15, 0.2) is 0 Å². The Hall–Kier alpha value is -1.11. The molecule has 0 bridgehead atoms. The van der Waals surface area contributed by atoms with Gasteiger partial charge in [-0.2, -0.15) is 0 Å². The quantitative estimate of drug-likeness (QED) is 0.661. The smallest absolute Gasteiger partial charge is 0.242 e. The van der Waals surface area contributed by atoms with Crippen molar-refractivity contribution >= 4 is 27.3 Å². The first kappa shape index (κ1) is 13.3. The van der Waals surface area contributed by atoms with E-state index in [2.05, 4.69) is 4.72 Å². The molecule has 0 atom stereocenters. The summed E-state index contributed by atoms with van der Waals surface area (Å²) >= 11 is 5.74. The van der Waals surface area contributed by atoms with Gasteiger partial charge in [-0.05, 0) is 25.0 Å². The molecule has 0 radical (unpaired) electrons. The lowest BCUT2D eigenvalue weighted by Gasteiger charge is -2.14. The molecule has 0 amide bonds. The highest BCUT2D eigenvalue weighted by Gasteiger charge is 2.24. The van der Waals surface area contributed by atoms with Crippen LogP contribution in [-0.2, 0) is 10.0 Å². The fraction of sp³-hybridized carbons (Fsp3) is 0.273. The molecule has 0 heterocycles. The van der Waals surface area contributed by atoms with Crippen molar-refractivity contribution in [2.24, 2.45) is 0 Å². The van der Waals surface area contributed by atoms with Gasteiger partial charge in [0.2, 0.25) is 10.0 Å². The van der Waals surface area contributed by atoms with Crippen LogP contribution in [-0.4, -0.2) is 14.5 Å². The highest BCUT2D eigenvalue weighted by atomic mass is 35.5. The molecule has 3 N–H and O–H groups in total. The lowest BCUT2D eigenvalue weighted by atomic mass is 10.3. The Bertz CT molecular complexity index is 593. The molecule has 0 aliphatic heterocycles. The molecule has 1 aromatic carbocycles. The average Bonchev–Trinajstić information content (AvgIpc) is 2.75. The number of nitrogen functional groups attached to an aromatic ring is 1. The first-order valence-electron chi connectivity index (χ1n) is 5.32. The number of rotatable bonds is 3. The van der Waals surface area contributed by atoms with E-state index >= 15 is 0 Å². The van der Waals surface area contributed by atoms with E-state index in [9.17, 15) is 12.8 Å². The maximum atomic E-state index is 13.1. The molecule has 0 saturated carbocycles. The van der Waals surface area contributed by atoms with Gasteiger partial charge in [0.1, 0.15) is 10.7 Å². The Morgan fingerprint density at radius 1 is 1.33 bits per heavy atom. The normalized spacial score (nSPS) is 16.3. The van der Waals surface area contributed by atoms with Gasteiger partial charge >= 0.3 is 0 Å². The second kappa shape index (κ2) is 4.87. The van der Waals surface area contributed by atoms with Crippen LogP contribution in [0.15, 0.2) is 29.2 Å². The molecule has 2 rings (SSSR count). The largest absolute Gasteiger partial charge is 0.396 e. The Balaban J connectivity index is 2.32. The Kier molecular flexibility index (Phi) is 3.61. The zero-order valence-electron chi connectivity index (χ0n) is 9.36. The number of anilines is 1. The van der Waals surface area contributed by atoms with E-state index in [1.54, 1.807) is 0 Å². The number of nitrogens with one attached hydrogen (secondary N) is 1. The highest BCUT2D eigenvalue weighted by molar-refractivity contribution is 7.89. The van der Waals surface area contributed by atoms with Crippen LogP contribution in [0.3, 0.4) is 0 Å². The summed E-state index contributed by atoms with van der Waals surface area (Å²) < 4.78 is 39.8. The SMILES string of the molecule is Nc1cc(S(=O)(=O)NC2CC=CC2)c(Cl)cc1F. The van der Waals surface area contributed by atoms with Crippen LogP contribution in [0.4, 0.5) is 10.1 Å². The van der Waals surface area contributed by atoms with Gasteiger partial charge in [-0.3, -0.25) is 0 Å². The molecular weight excluding hydrogens is 279 g/mol. The maximum absolute atomic E-state index is 13.1. The number of hydrogen-bond acceptors (Lipinski definition) is 3. The van der Waals surface area contributed by atoms with Gasteiger partial charge < -0.3 is 5.73 Å². The van der Waals surface area contributed by atoms with E-state index in [0.717, 1.165) is 12.1 Å². The summed E-state index contributed by atoms with van der Waals surface area (Å²) in [5, 5.41) is -0.180. The fourth-order valence-electron chi connectivity index (χ4n) is 1.75. The van der Waals surface area contributed by atoms with E-state index < -0.39 is 15.8 Å². The first-order valence-corrected chi connectivity index (χ1v) is 7.18. The monoisotopic (exact) mass is 290 g/mol. The number of halogens is 2. The zero-order valence-corrected chi connectivity index (χ0v) is 10.9. The van der Waals surface area contributed by atoms with E-state index in [1.165, 1.54) is 0 Å². The molecule has 1 aromatic rings. The van der Waals surface area contributed by atoms with Crippen LogP contribution in [0.1, 0.15) is 12.8 Å². The number of nitrogens with two attached hydrogens (primary N) is 1. The van der Waals surface area contributed by atoms with Crippen molar-refractivity contribution < 1.29 is 12.8 Å². The molecule has 98 valence electrons. The lowest BCUT2D eigenvalue weighted by molar-refractivity contribution is 0.557. The third kappa shape index (κ3) is 2.66. The van der Waals surface area contributed by atoms with Gasteiger partial charge in [-0.15, -0.1) is 0 Å². The summed E-state index contributed by atoms with van der Waals surface area (Å²) in [6.45, 7) is 0. The third-order valence-corrected chi connectivity index (χ3v) is 4.66. The predicted octanol–water partition coefficient (Wildman–Crippen LogP) is 2.06. The van der Waals surface area contributed by atoms with Crippen LogP contribution < -0.4 is 10.5 Å². The molecule has 1 aliphatic rings. The lowest BCUT2D eigenvalue weighted by Crippen LogP contribution is -2.33. The molecule has 0 aromatic heterocycles. The Morgan fingerprint density at radius 3 is 2.56 bits per heavy atom. The van der Waals surface area contributed by atoms with Gasteiger partial charge in [0.25, 0.3) is 0 Å². The minimum absolute atomic E-state index is 0.180. The van der Waals surface area contributed by atoms with E-state index in [-0.39, 0.29) is 21.6 Å². The molecule has 4 nitrogen and oxygen atoms in total. The van der Waals surface area contributed by atoms with Crippen molar-refractivity contribution in [3.05, 3.63) is 35.1 Å². The molecule has 0 unspecified atom stereocenters. The van der Waals surface area contributed by atoms with Crippen LogP contribution in [0, 0.1) is 5.82 Å². The summed E-state index contributed by atoms with van der Waals surface area (Å²) in [5.74, 6) is -0.735. The molecule has 7 heteroatoms. The number of hydrogen-bond donors (Lipinski definition) is 2. The number of sulfonamides is 1. The third-order valence-electron chi connectivity index (χ3n) is 2.67. The summed E-state index contributed by atoms with van der Waals surface area (Å²) in [6.07, 6.45) is 5.06. The van der Waals surface area contributed by atoms with Gasteiger partial charge in [-0.25, -0.2) is 17.5 Å². The van der Waals surface area contributed by atoms with Crippen LogP contribution in [0.25, 0.3) is 0 Å². The second-order valence-electron chi connectivity index (χ2n) is 4.07. The standard InChI is InChI=1S/C11H12ClFN2O2S/c12-8-5-9(13)10(14)6-11(8)18(16,17)15-7-3-1-2-4-7/h1-2,5-7,15H,3-4,14H2. The fourth-order valence-corrected chi connectivity index (χ4v) is 3.56. The Morgan fingerprint density at radius 2 is 1.94 bits per heavy atom. The van der Waals surface area contributed by atoms with Crippen molar-refractivity contribution in [2.45, 2.75) is 23.8 Å². The first-order chi connectivity index (χ1) is 8.40. The van der Waals surface area contributed by atoms with Crippen LogP contribution in [0.2, 0.25) is 5.02 Å². The molecule has 0 spiro atoms. The number of benzene rings is 1. The molecule has 18 heavy (non-hydrogen) atoms. The van der Waals surface area contributed by atoms with Crippen LogP contribution in [0.5, 0.6) is 0 Å². The maximum Gasteiger partial charge on any atom is 0.242 e. The van der Waals surface area contributed by atoms with Crippen molar-refractivity contribution in [3.8, 4) is 0 Å². The summed E-state index contributed by atoms with van der Waals surface area (Å²) in [7, 11) is -3.78. The van der Waals surface area contributed by atoms with Gasteiger partial charge in [0.05, 0.1) is 10.7 Å². The van der Waals surface area contributed by atoms with Crippen molar-refractivity contribution in [1.29, 1.82) is 0 Å². The van der Waals surface area contributed by atoms with Crippen molar-refractivity contribution in [3.63, 3.8) is 0 Å². The van der Waals surface area contributed by atoms with Gasteiger partial charge in [-0.1, -0.05) is 23.8 Å². The molecular formula is C11H12ClFN2O2S. The summed E-state index contributed by atoms with van der Waals surface area (Å²) in [6, 6.07) is 1.75. The Labute approximate surface area is 110 Å². The minimum Gasteiger partial charge on any atom is -0.396 e. The van der Waals surface area contributed by atoms with Crippen LogP contribution >= 0.6 is 11.6 Å². The van der Waals surface area contributed by atoms with Crippen molar-refractivity contribution in [1.82, 2.24) is 4.72 Å². The molecule has 0 saturated heterocycles. The second-order valence-corrected chi connectivity index (χ2v) is 6.15. The van der Waals surface area contributed by atoms with Crippen molar-refractivity contribution in [2.75, 3.05) is 5.73 Å². The van der Waals surface area contributed by atoms with E-state index in [4.69, 9.17) is 17.3 Å². The molecule has 1 aliphatic carbocycles. The summed E-state index contributed by atoms with van der Waals surface area (Å²) in [4.78, 5) is -0.199. The van der Waals surface area contributed by atoms with E-state index in [0.29, 0.717) is 12.8 Å². The summed E-state index contributed by atoms with van der Waals surface area (Å²) in [5.41, 5.74) is 5.11. The zero-order chi connectivity index (χ0) is 13.3. The van der Waals surface area contributed by atoms with E-state index in [1.807, 2.05) is 12.2 Å². The van der Waals surface area contributed by atoms with Gasteiger partial charge in [0, 0.05) is 6.04 Å². The predicted molar refractivity (Wildman–Crippen MR) is 68.3 cm³/mol. The minimum atomic E-state index is -3.78. The topological polar surface area (TPSA) is 72.2 Å². The average molecular weight is 291 g/mol.